The van der Waals surface area contributed by atoms with E-state index in [1.807, 2.05) is 0 Å². The van der Waals surface area contributed by atoms with Crippen molar-refractivity contribution in [1.82, 2.24) is 10.2 Å². The number of nitrogens with one attached hydrogen (secondary N) is 1. The Morgan fingerprint density at radius 2 is 1.59 bits per heavy atom. The highest BCUT2D eigenvalue weighted by Gasteiger charge is 2.34. The molecule has 1 fully saturated rings. The first-order valence-corrected chi connectivity index (χ1v) is 15.9. The first-order valence-electron chi connectivity index (χ1n) is 13.3. The molecule has 0 unspecified atom stereocenters. The minimum atomic E-state index is -4.19. The van der Waals surface area contributed by atoms with Crippen molar-refractivity contribution in [2.24, 2.45) is 0 Å². The number of hydrogen-bond acceptors (Lipinski definition) is 4. The number of aryl methyl sites for hydroxylation is 1. The lowest BCUT2D eigenvalue weighted by atomic mass is 10.1. The highest BCUT2D eigenvalue weighted by molar-refractivity contribution is 7.92. The summed E-state index contributed by atoms with van der Waals surface area (Å²) >= 11 is 18.8. The Bertz CT molecular complexity index is 1510. The molecule has 0 radical (unpaired) electrons. The van der Waals surface area contributed by atoms with E-state index in [9.17, 15) is 18.0 Å². The molecule has 11 heteroatoms. The Hall–Kier alpha value is -2.78. The molecule has 0 saturated heterocycles. The fourth-order valence-corrected chi connectivity index (χ4v) is 7.02. The van der Waals surface area contributed by atoms with E-state index in [1.165, 1.54) is 23.1 Å². The Morgan fingerprint density at radius 1 is 0.951 bits per heavy atom. The lowest BCUT2D eigenvalue weighted by molar-refractivity contribution is -0.139. The smallest absolute Gasteiger partial charge is 0.264 e. The molecule has 2 amide bonds. The monoisotopic (exact) mass is 635 g/mol. The number of halogens is 3. The van der Waals surface area contributed by atoms with Gasteiger partial charge in [-0.05, 0) is 74.2 Å². The van der Waals surface area contributed by atoms with E-state index in [0.29, 0.717) is 26.2 Å². The predicted octanol–water partition coefficient (Wildman–Crippen LogP) is 6.63. The van der Waals surface area contributed by atoms with Crippen LogP contribution in [0.5, 0.6) is 0 Å². The fraction of sp³-hybridized carbons (Fsp3) is 0.333. The SMILES string of the molecule is Cc1ccc(Cl)cc1N(CC(=O)N(Cc1ccc(Cl)cc1Cl)[C@@H](C)C(=O)NC1CCCC1)S(=O)(=O)c1ccccc1. The number of carbonyl (C=O) groups excluding carboxylic acids is 2. The van der Waals surface area contributed by atoms with Crippen LogP contribution in [0.3, 0.4) is 0 Å². The third kappa shape index (κ3) is 7.55. The molecule has 1 aliphatic carbocycles. The summed E-state index contributed by atoms with van der Waals surface area (Å²) in [6.45, 7) is 2.78. The van der Waals surface area contributed by atoms with Gasteiger partial charge in [-0.1, -0.05) is 78.0 Å². The van der Waals surface area contributed by atoms with Crippen molar-refractivity contribution in [3.8, 4) is 0 Å². The fourth-order valence-electron chi connectivity index (χ4n) is 4.89. The Kier molecular flexibility index (Phi) is 10.2. The average molecular weight is 637 g/mol. The van der Waals surface area contributed by atoms with Gasteiger partial charge in [0.05, 0.1) is 10.6 Å². The van der Waals surface area contributed by atoms with Crippen LogP contribution in [-0.2, 0) is 26.2 Å². The zero-order valence-corrected chi connectivity index (χ0v) is 25.9. The van der Waals surface area contributed by atoms with E-state index in [0.717, 1.165) is 30.0 Å². The number of sulfonamides is 1. The van der Waals surface area contributed by atoms with Crippen molar-refractivity contribution in [1.29, 1.82) is 0 Å². The first kappa shape index (κ1) is 31.2. The average Bonchev–Trinajstić information content (AvgIpc) is 3.45. The van der Waals surface area contributed by atoms with E-state index < -0.39 is 28.5 Å². The minimum Gasteiger partial charge on any atom is -0.352 e. The number of nitrogens with zero attached hydrogens (tertiary/aromatic N) is 2. The molecule has 1 saturated carbocycles. The summed E-state index contributed by atoms with van der Waals surface area (Å²) in [5.41, 5.74) is 1.45. The first-order chi connectivity index (χ1) is 19.5. The van der Waals surface area contributed by atoms with Gasteiger partial charge >= 0.3 is 0 Å². The van der Waals surface area contributed by atoms with Crippen LogP contribution in [0.1, 0.15) is 43.7 Å². The summed E-state index contributed by atoms with van der Waals surface area (Å²) in [4.78, 5) is 28.8. The van der Waals surface area contributed by atoms with Crippen LogP contribution in [0, 0.1) is 6.92 Å². The largest absolute Gasteiger partial charge is 0.352 e. The quantitative estimate of drug-likeness (QED) is 0.271. The van der Waals surface area contributed by atoms with E-state index in [2.05, 4.69) is 5.32 Å². The summed E-state index contributed by atoms with van der Waals surface area (Å²) in [5.74, 6) is -0.893. The van der Waals surface area contributed by atoms with Gasteiger partial charge in [-0.25, -0.2) is 8.42 Å². The summed E-state index contributed by atoms with van der Waals surface area (Å²) in [6.07, 6.45) is 3.83. The molecular formula is C30H32Cl3N3O4S. The van der Waals surface area contributed by atoms with Crippen molar-refractivity contribution >= 4 is 62.3 Å². The van der Waals surface area contributed by atoms with Gasteiger partial charge in [0.1, 0.15) is 12.6 Å². The second-order valence-corrected chi connectivity index (χ2v) is 13.3. The highest BCUT2D eigenvalue weighted by Crippen LogP contribution is 2.30. The Morgan fingerprint density at radius 3 is 2.24 bits per heavy atom. The Balaban J connectivity index is 1.73. The molecular weight excluding hydrogens is 605 g/mol. The third-order valence-corrected chi connectivity index (χ3v) is 9.87. The van der Waals surface area contributed by atoms with Gasteiger partial charge in [0, 0.05) is 27.7 Å². The molecule has 3 aromatic carbocycles. The van der Waals surface area contributed by atoms with Gasteiger partial charge < -0.3 is 10.2 Å². The second-order valence-electron chi connectivity index (χ2n) is 10.2. The van der Waals surface area contributed by atoms with E-state index >= 15 is 0 Å². The molecule has 3 aromatic rings. The van der Waals surface area contributed by atoms with E-state index in [-0.39, 0.29) is 29.1 Å². The van der Waals surface area contributed by atoms with Gasteiger partial charge in [-0.3, -0.25) is 13.9 Å². The molecule has 0 aliphatic heterocycles. The lowest BCUT2D eigenvalue weighted by Gasteiger charge is -2.33. The van der Waals surface area contributed by atoms with Crippen LogP contribution in [0.2, 0.25) is 15.1 Å². The van der Waals surface area contributed by atoms with Gasteiger partial charge in [0.2, 0.25) is 11.8 Å². The maximum Gasteiger partial charge on any atom is 0.264 e. The molecule has 7 nitrogen and oxygen atoms in total. The van der Waals surface area contributed by atoms with E-state index in [1.54, 1.807) is 62.4 Å². The molecule has 41 heavy (non-hydrogen) atoms. The number of amides is 2. The van der Waals surface area contributed by atoms with Crippen LogP contribution in [-0.4, -0.2) is 43.8 Å². The zero-order chi connectivity index (χ0) is 29.7. The van der Waals surface area contributed by atoms with Gasteiger partial charge in [-0.2, -0.15) is 0 Å². The summed E-state index contributed by atoms with van der Waals surface area (Å²) in [7, 11) is -4.19. The maximum absolute atomic E-state index is 14.1. The third-order valence-electron chi connectivity index (χ3n) is 7.27. The van der Waals surface area contributed by atoms with Crippen LogP contribution in [0.4, 0.5) is 5.69 Å². The predicted molar refractivity (Wildman–Crippen MR) is 164 cm³/mol. The van der Waals surface area contributed by atoms with Gasteiger partial charge in [0.15, 0.2) is 0 Å². The van der Waals surface area contributed by atoms with Crippen LogP contribution in [0.15, 0.2) is 71.6 Å². The van der Waals surface area contributed by atoms with Gasteiger partial charge in [0.25, 0.3) is 10.0 Å². The molecule has 1 aliphatic rings. The van der Waals surface area contributed by atoms with Crippen LogP contribution >= 0.6 is 34.8 Å². The number of rotatable bonds is 10. The molecule has 1 atom stereocenters. The highest BCUT2D eigenvalue weighted by atomic mass is 35.5. The Labute approximate surface area is 256 Å². The standard InChI is InChI=1S/C30H32Cl3N3O4S/c1-20-12-14-24(32)17-28(20)36(41(39,40)26-10-4-3-5-11-26)19-29(37)35(18-22-13-15-23(31)16-27(22)33)21(2)30(38)34-25-8-6-7-9-25/h3-5,10-17,21,25H,6-9,18-19H2,1-2H3,(H,34,38)/t21-/m0/s1. The topological polar surface area (TPSA) is 86.8 Å². The number of hydrogen-bond donors (Lipinski definition) is 1. The molecule has 0 bridgehead atoms. The normalized spacial score (nSPS) is 14.5. The molecule has 0 heterocycles. The van der Waals surface area contributed by atoms with Crippen LogP contribution < -0.4 is 9.62 Å². The maximum atomic E-state index is 14.1. The number of benzene rings is 3. The number of carbonyl (C=O) groups is 2. The molecule has 0 spiro atoms. The summed E-state index contributed by atoms with van der Waals surface area (Å²) in [5, 5.41) is 4.13. The number of anilines is 1. The molecule has 0 aromatic heterocycles. The summed E-state index contributed by atoms with van der Waals surface area (Å²) in [6, 6.07) is 16.8. The summed E-state index contributed by atoms with van der Waals surface area (Å²) < 4.78 is 28.9. The van der Waals surface area contributed by atoms with Crippen molar-refractivity contribution in [3.63, 3.8) is 0 Å². The van der Waals surface area contributed by atoms with Gasteiger partial charge in [-0.15, -0.1) is 0 Å². The van der Waals surface area contributed by atoms with Crippen molar-refractivity contribution in [3.05, 3.63) is 92.9 Å². The molecule has 4 rings (SSSR count). The van der Waals surface area contributed by atoms with E-state index in [4.69, 9.17) is 34.8 Å². The van der Waals surface area contributed by atoms with Crippen LogP contribution in [0.25, 0.3) is 0 Å². The van der Waals surface area contributed by atoms with Crippen molar-refractivity contribution < 1.29 is 18.0 Å². The van der Waals surface area contributed by atoms with Crippen molar-refractivity contribution in [2.45, 2.75) is 63.1 Å². The second kappa shape index (κ2) is 13.5. The minimum absolute atomic E-state index is 0.0199. The van der Waals surface area contributed by atoms with Crippen molar-refractivity contribution in [2.75, 3.05) is 10.8 Å². The zero-order valence-electron chi connectivity index (χ0n) is 22.8. The molecule has 1 N–H and O–H groups in total. The molecule has 218 valence electrons. The lowest BCUT2D eigenvalue weighted by Crippen LogP contribution is -2.52.